The second-order valence-corrected chi connectivity index (χ2v) is 4.70. The van der Waals surface area contributed by atoms with Crippen molar-refractivity contribution < 1.29 is 18.0 Å². The maximum atomic E-state index is 13.2. The summed E-state index contributed by atoms with van der Waals surface area (Å²) in [5.74, 6) is -4.29. The van der Waals surface area contributed by atoms with Crippen LogP contribution in [0.5, 0.6) is 0 Å². The SMILES string of the molecule is Nc1cc2c(cc1Nc1cc(F)c(F)c(F)c1)NC(=O)C2. The summed E-state index contributed by atoms with van der Waals surface area (Å²) in [6, 6.07) is 4.81. The van der Waals surface area contributed by atoms with Crippen molar-refractivity contribution in [2.75, 3.05) is 16.4 Å². The van der Waals surface area contributed by atoms with E-state index in [0.29, 0.717) is 17.1 Å². The standard InChI is InChI=1S/C14H10F3N3O/c15-8-3-7(4-9(16)14(8)17)19-12-5-11-6(1-10(12)18)2-13(21)20-11/h1,3-5,19H,2,18H2,(H,20,21). The van der Waals surface area contributed by atoms with Gasteiger partial charge in [-0.3, -0.25) is 4.79 Å². The van der Waals surface area contributed by atoms with E-state index in [1.807, 2.05) is 0 Å². The molecule has 0 unspecified atom stereocenters. The zero-order valence-corrected chi connectivity index (χ0v) is 10.6. The normalized spacial score (nSPS) is 13.0. The van der Waals surface area contributed by atoms with Gasteiger partial charge in [-0.1, -0.05) is 0 Å². The van der Waals surface area contributed by atoms with E-state index in [0.717, 1.165) is 17.7 Å². The molecule has 1 heterocycles. The predicted octanol–water partition coefficient (Wildman–Crippen LogP) is 2.92. The topological polar surface area (TPSA) is 67.2 Å². The first-order chi connectivity index (χ1) is 9.94. The third-order valence-electron chi connectivity index (χ3n) is 3.16. The number of carbonyl (C=O) groups excluding carboxylic acids is 1. The lowest BCUT2D eigenvalue weighted by molar-refractivity contribution is -0.115. The Hall–Kier alpha value is -2.70. The van der Waals surface area contributed by atoms with Crippen molar-refractivity contribution in [3.63, 3.8) is 0 Å². The molecule has 0 atom stereocenters. The Morgan fingerprint density at radius 1 is 1.10 bits per heavy atom. The summed E-state index contributed by atoms with van der Waals surface area (Å²) in [6.45, 7) is 0. The number of anilines is 4. The molecule has 0 bridgehead atoms. The van der Waals surface area contributed by atoms with E-state index in [-0.39, 0.29) is 18.0 Å². The Balaban J connectivity index is 1.96. The predicted molar refractivity (Wildman–Crippen MR) is 72.8 cm³/mol. The molecular formula is C14H10F3N3O. The van der Waals surface area contributed by atoms with Crippen molar-refractivity contribution in [2.24, 2.45) is 0 Å². The van der Waals surface area contributed by atoms with Crippen LogP contribution in [0.25, 0.3) is 0 Å². The number of hydrogen-bond donors (Lipinski definition) is 3. The van der Waals surface area contributed by atoms with Crippen LogP contribution in [0.15, 0.2) is 24.3 Å². The summed E-state index contributed by atoms with van der Waals surface area (Å²) in [4.78, 5) is 11.3. The highest BCUT2D eigenvalue weighted by atomic mass is 19.2. The molecule has 21 heavy (non-hydrogen) atoms. The smallest absolute Gasteiger partial charge is 0.228 e. The van der Waals surface area contributed by atoms with Crippen LogP contribution in [0, 0.1) is 17.5 Å². The number of halogens is 3. The molecule has 0 radical (unpaired) electrons. The van der Waals surface area contributed by atoms with E-state index < -0.39 is 17.5 Å². The highest BCUT2D eigenvalue weighted by molar-refractivity contribution is 6.01. The molecular weight excluding hydrogens is 283 g/mol. The summed E-state index contributed by atoms with van der Waals surface area (Å²) >= 11 is 0. The Morgan fingerprint density at radius 3 is 2.43 bits per heavy atom. The molecule has 0 fully saturated rings. The van der Waals surface area contributed by atoms with E-state index in [9.17, 15) is 18.0 Å². The molecule has 1 amide bonds. The molecule has 4 N–H and O–H groups in total. The fourth-order valence-corrected chi connectivity index (χ4v) is 2.19. The molecule has 2 aromatic rings. The molecule has 0 saturated carbocycles. The first-order valence-electron chi connectivity index (χ1n) is 6.08. The molecule has 0 spiro atoms. The van der Waals surface area contributed by atoms with E-state index in [1.54, 1.807) is 12.1 Å². The van der Waals surface area contributed by atoms with Crippen LogP contribution >= 0.6 is 0 Å². The number of nitrogens with one attached hydrogen (secondary N) is 2. The Bertz CT molecular complexity index is 738. The van der Waals surface area contributed by atoms with E-state index in [2.05, 4.69) is 10.6 Å². The van der Waals surface area contributed by atoms with Crippen molar-refractivity contribution in [3.05, 3.63) is 47.3 Å². The van der Waals surface area contributed by atoms with Gasteiger partial charge in [0.05, 0.1) is 17.8 Å². The van der Waals surface area contributed by atoms with Gasteiger partial charge in [0.1, 0.15) is 0 Å². The first kappa shape index (κ1) is 13.3. The van der Waals surface area contributed by atoms with Gasteiger partial charge in [0, 0.05) is 23.5 Å². The average Bonchev–Trinajstić information content (AvgIpc) is 2.75. The monoisotopic (exact) mass is 293 g/mol. The van der Waals surface area contributed by atoms with Gasteiger partial charge in [0.25, 0.3) is 0 Å². The summed E-state index contributed by atoms with van der Waals surface area (Å²) in [5, 5.41) is 5.34. The van der Waals surface area contributed by atoms with Crippen LogP contribution in [0.2, 0.25) is 0 Å². The number of nitrogens with two attached hydrogens (primary N) is 1. The minimum atomic E-state index is -1.53. The minimum absolute atomic E-state index is 0.0161. The van der Waals surface area contributed by atoms with Gasteiger partial charge in [0.2, 0.25) is 5.91 Å². The highest BCUT2D eigenvalue weighted by Crippen LogP contribution is 2.33. The van der Waals surface area contributed by atoms with Gasteiger partial charge in [-0.25, -0.2) is 13.2 Å². The average molecular weight is 293 g/mol. The maximum absolute atomic E-state index is 13.2. The quantitative estimate of drug-likeness (QED) is 0.589. The van der Waals surface area contributed by atoms with Gasteiger partial charge in [-0.2, -0.15) is 0 Å². The summed E-state index contributed by atoms with van der Waals surface area (Å²) in [5.41, 5.74) is 7.86. The molecule has 4 nitrogen and oxygen atoms in total. The minimum Gasteiger partial charge on any atom is -0.397 e. The van der Waals surface area contributed by atoms with Crippen LogP contribution < -0.4 is 16.4 Å². The number of rotatable bonds is 2. The molecule has 0 aliphatic carbocycles. The van der Waals surface area contributed by atoms with E-state index in [1.165, 1.54) is 0 Å². The molecule has 108 valence electrons. The van der Waals surface area contributed by atoms with E-state index >= 15 is 0 Å². The van der Waals surface area contributed by atoms with Crippen LogP contribution in [0.1, 0.15) is 5.56 Å². The number of benzene rings is 2. The molecule has 1 aliphatic rings. The highest BCUT2D eigenvalue weighted by Gasteiger charge is 2.19. The molecule has 2 aromatic carbocycles. The summed E-state index contributed by atoms with van der Waals surface area (Å²) < 4.78 is 39.2. The third-order valence-corrected chi connectivity index (χ3v) is 3.16. The zero-order valence-electron chi connectivity index (χ0n) is 10.6. The fraction of sp³-hybridized carbons (Fsp3) is 0.0714. The van der Waals surface area contributed by atoms with Crippen molar-refractivity contribution in [1.29, 1.82) is 0 Å². The van der Waals surface area contributed by atoms with Crippen LogP contribution in [-0.2, 0) is 11.2 Å². The lowest BCUT2D eigenvalue weighted by atomic mass is 10.1. The second kappa shape index (κ2) is 4.69. The Labute approximate surface area is 117 Å². The van der Waals surface area contributed by atoms with Crippen LogP contribution in [0.3, 0.4) is 0 Å². The van der Waals surface area contributed by atoms with Gasteiger partial charge < -0.3 is 16.4 Å². The number of fused-ring (bicyclic) bond motifs is 1. The number of amides is 1. The van der Waals surface area contributed by atoms with Crippen molar-refractivity contribution in [2.45, 2.75) is 6.42 Å². The molecule has 7 heteroatoms. The first-order valence-corrected chi connectivity index (χ1v) is 6.08. The number of carbonyl (C=O) groups is 1. The van der Waals surface area contributed by atoms with Crippen LogP contribution in [-0.4, -0.2) is 5.91 Å². The molecule has 3 rings (SSSR count). The van der Waals surface area contributed by atoms with Crippen molar-refractivity contribution >= 4 is 28.7 Å². The zero-order chi connectivity index (χ0) is 15.1. The largest absolute Gasteiger partial charge is 0.397 e. The fourth-order valence-electron chi connectivity index (χ4n) is 2.19. The van der Waals surface area contributed by atoms with Gasteiger partial charge >= 0.3 is 0 Å². The van der Waals surface area contributed by atoms with Crippen LogP contribution in [0.4, 0.5) is 35.9 Å². The molecule has 0 saturated heterocycles. The summed E-state index contributed by atoms with van der Waals surface area (Å²) in [7, 11) is 0. The van der Waals surface area contributed by atoms with Gasteiger partial charge in [-0.15, -0.1) is 0 Å². The molecule has 0 aromatic heterocycles. The Morgan fingerprint density at radius 2 is 1.76 bits per heavy atom. The Kier molecular flexibility index (Phi) is 2.97. The van der Waals surface area contributed by atoms with Gasteiger partial charge in [-0.05, 0) is 17.7 Å². The third kappa shape index (κ3) is 2.37. The molecule has 1 aliphatic heterocycles. The number of hydrogen-bond acceptors (Lipinski definition) is 3. The lowest BCUT2D eigenvalue weighted by Crippen LogP contribution is -2.03. The van der Waals surface area contributed by atoms with E-state index in [4.69, 9.17) is 5.73 Å². The summed E-state index contributed by atoms with van der Waals surface area (Å²) in [6.07, 6.45) is 0.236. The van der Waals surface area contributed by atoms with Gasteiger partial charge in [0.15, 0.2) is 17.5 Å². The second-order valence-electron chi connectivity index (χ2n) is 4.70. The number of nitrogen functional groups attached to an aromatic ring is 1. The van der Waals surface area contributed by atoms with Crippen molar-refractivity contribution in [1.82, 2.24) is 0 Å². The maximum Gasteiger partial charge on any atom is 0.228 e. The lowest BCUT2D eigenvalue weighted by Gasteiger charge is -2.12. The van der Waals surface area contributed by atoms with Crippen molar-refractivity contribution in [3.8, 4) is 0 Å².